The van der Waals surface area contributed by atoms with Gasteiger partial charge in [0.15, 0.2) is 11.6 Å². The van der Waals surface area contributed by atoms with Gasteiger partial charge < -0.3 is 5.11 Å². The van der Waals surface area contributed by atoms with Crippen LogP contribution in [-0.2, 0) is 20.0 Å². The first-order valence-corrected chi connectivity index (χ1v) is 12.4. The second-order valence-electron chi connectivity index (χ2n) is 8.69. The first kappa shape index (κ1) is 23.7. The Kier molecular flexibility index (Phi) is 6.28. The van der Waals surface area contributed by atoms with Crippen LogP contribution in [-0.4, -0.2) is 24.4 Å². The van der Waals surface area contributed by atoms with Crippen LogP contribution in [0, 0.1) is 19.7 Å². The zero-order chi connectivity index (χ0) is 25.4. The Balaban J connectivity index is 1.68. The quantitative estimate of drug-likeness (QED) is 0.323. The maximum absolute atomic E-state index is 14.2. The lowest BCUT2D eigenvalue weighted by Gasteiger charge is -2.16. The molecule has 0 fully saturated rings. The molecule has 0 spiro atoms. The summed E-state index contributed by atoms with van der Waals surface area (Å²) in [5, 5.41) is 14.7. The maximum atomic E-state index is 14.2. The van der Waals surface area contributed by atoms with Gasteiger partial charge in [-0.2, -0.15) is 5.10 Å². The number of hydrogen-bond acceptors (Lipinski definition) is 5. The second kappa shape index (κ2) is 9.54. The number of phenolic OH excluding ortho intramolecular Hbond substituents is 1. The smallest absolute Gasteiger partial charge is 0.262 e. The van der Waals surface area contributed by atoms with E-state index in [0.29, 0.717) is 24.2 Å². The predicted molar refractivity (Wildman–Crippen MR) is 141 cm³/mol. The van der Waals surface area contributed by atoms with Crippen LogP contribution < -0.4 is 5.56 Å². The minimum absolute atomic E-state index is 0.188. The van der Waals surface area contributed by atoms with Crippen LogP contribution in [0.2, 0.25) is 0 Å². The van der Waals surface area contributed by atoms with Crippen molar-refractivity contribution in [3.05, 3.63) is 99.9 Å². The van der Waals surface area contributed by atoms with E-state index in [9.17, 15) is 14.3 Å². The summed E-state index contributed by atoms with van der Waals surface area (Å²) in [6, 6.07) is 18.0. The second-order valence-corrected chi connectivity index (χ2v) is 9.74. The van der Waals surface area contributed by atoms with Crippen molar-refractivity contribution in [1.82, 2.24) is 19.3 Å². The molecule has 0 atom stereocenters. The van der Waals surface area contributed by atoms with E-state index in [1.165, 1.54) is 23.5 Å². The molecule has 6 nitrogen and oxygen atoms in total. The highest BCUT2D eigenvalue weighted by molar-refractivity contribution is 7.19. The van der Waals surface area contributed by atoms with Gasteiger partial charge in [0.25, 0.3) is 5.56 Å². The maximum Gasteiger partial charge on any atom is 0.262 e. The molecule has 1 N–H and O–H groups in total. The van der Waals surface area contributed by atoms with E-state index in [0.717, 1.165) is 26.6 Å². The molecule has 0 amide bonds. The molecule has 0 aliphatic carbocycles. The number of aryl methyl sites for hydroxylation is 4. The summed E-state index contributed by atoms with van der Waals surface area (Å²) in [6.07, 6.45) is 2.33. The van der Waals surface area contributed by atoms with E-state index in [4.69, 9.17) is 4.98 Å². The molecule has 0 saturated heterocycles. The third kappa shape index (κ3) is 4.24. The summed E-state index contributed by atoms with van der Waals surface area (Å²) in [5.41, 5.74) is 4.06. The summed E-state index contributed by atoms with van der Waals surface area (Å²) in [4.78, 5) is 20.6. The molecule has 0 saturated carbocycles. The number of aromatic nitrogens is 4. The Morgan fingerprint density at radius 2 is 1.83 bits per heavy atom. The number of para-hydroxylation sites is 1. The van der Waals surface area contributed by atoms with Crippen LogP contribution in [0.1, 0.15) is 16.8 Å². The van der Waals surface area contributed by atoms with Crippen molar-refractivity contribution in [3.63, 3.8) is 0 Å². The van der Waals surface area contributed by atoms with Crippen molar-refractivity contribution in [2.75, 3.05) is 0 Å². The molecule has 3 heterocycles. The van der Waals surface area contributed by atoms with E-state index in [1.54, 1.807) is 23.8 Å². The Morgan fingerprint density at radius 3 is 2.56 bits per heavy atom. The summed E-state index contributed by atoms with van der Waals surface area (Å²) >= 11 is 1.52. The number of halogens is 1. The lowest BCUT2D eigenvalue weighted by atomic mass is 10.1. The molecule has 0 bridgehead atoms. The first-order valence-electron chi connectivity index (χ1n) is 11.6. The van der Waals surface area contributed by atoms with E-state index in [2.05, 4.69) is 5.10 Å². The average molecular weight is 501 g/mol. The van der Waals surface area contributed by atoms with Gasteiger partial charge in [0.2, 0.25) is 0 Å². The molecule has 182 valence electrons. The third-order valence-electron chi connectivity index (χ3n) is 6.26. The fraction of sp³-hybridized carbons (Fsp3) is 0.179. The molecule has 2 aromatic carbocycles. The number of benzene rings is 2. The van der Waals surface area contributed by atoms with Crippen LogP contribution in [0.25, 0.3) is 32.4 Å². The minimum Gasteiger partial charge on any atom is -0.504 e. The molecule has 0 unspecified atom stereocenters. The van der Waals surface area contributed by atoms with Crippen LogP contribution in [0.3, 0.4) is 0 Å². The van der Waals surface area contributed by atoms with Gasteiger partial charge in [-0.15, -0.1) is 11.3 Å². The van der Waals surface area contributed by atoms with E-state index >= 15 is 0 Å². The normalized spacial score (nSPS) is 11.2. The average Bonchev–Trinajstić information content (AvgIpc) is 3.45. The molecule has 0 aliphatic rings. The highest BCUT2D eigenvalue weighted by Crippen LogP contribution is 2.38. The first-order chi connectivity index (χ1) is 17.3. The lowest BCUT2D eigenvalue weighted by Crippen LogP contribution is -2.27. The largest absolute Gasteiger partial charge is 0.504 e. The van der Waals surface area contributed by atoms with Crippen LogP contribution in [0.5, 0.6) is 5.75 Å². The van der Waals surface area contributed by atoms with Gasteiger partial charge >= 0.3 is 0 Å². The number of thiophene rings is 1. The number of phenols is 1. The zero-order valence-corrected chi connectivity index (χ0v) is 21.0. The topological polar surface area (TPSA) is 72.9 Å². The molecular weight excluding hydrogens is 475 g/mol. The predicted octanol–water partition coefficient (Wildman–Crippen LogP) is 5.74. The van der Waals surface area contributed by atoms with Gasteiger partial charge in [-0.25, -0.2) is 9.37 Å². The molecule has 3 aromatic heterocycles. The summed E-state index contributed by atoms with van der Waals surface area (Å²) in [7, 11) is 1.89. The Hall–Kier alpha value is -4.04. The Bertz CT molecular complexity index is 1620. The van der Waals surface area contributed by atoms with E-state index < -0.39 is 11.6 Å². The van der Waals surface area contributed by atoms with Gasteiger partial charge in [-0.3, -0.25) is 14.0 Å². The van der Waals surface area contributed by atoms with Gasteiger partial charge in [0.05, 0.1) is 27.4 Å². The molecule has 5 rings (SSSR count). The van der Waals surface area contributed by atoms with Crippen LogP contribution in [0.4, 0.5) is 4.39 Å². The molecule has 0 radical (unpaired) electrons. The van der Waals surface area contributed by atoms with Crippen molar-refractivity contribution < 1.29 is 9.50 Å². The fourth-order valence-electron chi connectivity index (χ4n) is 4.40. The van der Waals surface area contributed by atoms with Crippen molar-refractivity contribution in [2.24, 2.45) is 7.05 Å². The lowest BCUT2D eigenvalue weighted by molar-refractivity contribution is 0.433. The van der Waals surface area contributed by atoms with Gasteiger partial charge in [-0.05, 0) is 55.7 Å². The molecule has 5 aromatic rings. The zero-order valence-electron chi connectivity index (χ0n) is 20.2. The monoisotopic (exact) mass is 500 g/mol. The van der Waals surface area contributed by atoms with E-state index in [-0.39, 0.29) is 16.9 Å². The van der Waals surface area contributed by atoms with Crippen molar-refractivity contribution in [1.29, 1.82) is 0 Å². The number of aromatic hydroxyl groups is 1. The number of rotatable bonds is 6. The standard InChI is InChI=1S/C28H25FN4O2S/c1-17-16-23(36-26(17)22-12-14-30-32(22)3)24-18(2)31-27(20-10-7-11-21(29)25(20)34)33(28(24)35)15-13-19-8-5-4-6-9-19/h4-12,14,16,34H,13,15H2,1-3H3. The molecule has 36 heavy (non-hydrogen) atoms. The number of nitrogens with zero attached hydrogens (tertiary/aromatic N) is 4. The highest BCUT2D eigenvalue weighted by atomic mass is 32.1. The summed E-state index contributed by atoms with van der Waals surface area (Å²) in [6.45, 7) is 4.11. The van der Waals surface area contributed by atoms with Crippen molar-refractivity contribution >= 4 is 11.3 Å². The van der Waals surface area contributed by atoms with Gasteiger partial charge in [-0.1, -0.05) is 36.4 Å². The van der Waals surface area contributed by atoms with Crippen LogP contribution >= 0.6 is 11.3 Å². The molecule has 8 heteroatoms. The van der Waals surface area contributed by atoms with Crippen LogP contribution in [0.15, 0.2) is 71.7 Å². The SMILES string of the molecule is Cc1cc(-c2c(C)nc(-c3cccc(F)c3O)n(CCc3ccccc3)c2=O)sc1-c1ccnn1C. The minimum atomic E-state index is -0.757. The van der Waals surface area contributed by atoms with Crippen molar-refractivity contribution in [3.8, 4) is 38.1 Å². The Morgan fingerprint density at radius 1 is 1.06 bits per heavy atom. The van der Waals surface area contributed by atoms with E-state index in [1.807, 2.05) is 61.1 Å². The van der Waals surface area contributed by atoms with Gasteiger partial charge in [0.1, 0.15) is 5.82 Å². The number of hydrogen-bond donors (Lipinski definition) is 1. The fourth-order valence-corrected chi connectivity index (χ4v) is 5.71. The third-order valence-corrected chi connectivity index (χ3v) is 7.54. The summed E-state index contributed by atoms with van der Waals surface area (Å²) < 4.78 is 17.6. The highest BCUT2D eigenvalue weighted by Gasteiger charge is 2.22. The van der Waals surface area contributed by atoms with Gasteiger partial charge in [0, 0.05) is 24.7 Å². The molecule has 0 aliphatic heterocycles. The Labute approximate surface area is 212 Å². The molecular formula is C28H25FN4O2S. The summed E-state index contributed by atoms with van der Waals surface area (Å²) in [5.74, 6) is -1.03. The van der Waals surface area contributed by atoms with Crippen molar-refractivity contribution in [2.45, 2.75) is 26.8 Å².